The Hall–Kier alpha value is -2.37. The largest absolute Gasteiger partial charge is 0.505 e. The second-order valence-corrected chi connectivity index (χ2v) is 3.12. The minimum absolute atomic E-state index is 0.0393. The summed E-state index contributed by atoms with van der Waals surface area (Å²) in [6.45, 7) is 3.82. The summed E-state index contributed by atoms with van der Waals surface area (Å²) in [6.07, 6.45) is 2.56. The average molecular weight is 235 g/mol. The van der Waals surface area contributed by atoms with Crippen molar-refractivity contribution in [2.45, 2.75) is 0 Å². The van der Waals surface area contributed by atoms with Crippen LogP contribution in [0.2, 0.25) is 0 Å². The van der Waals surface area contributed by atoms with Gasteiger partial charge in [0.25, 0.3) is 5.91 Å². The fourth-order valence-electron chi connectivity index (χ4n) is 1.09. The highest BCUT2D eigenvalue weighted by molar-refractivity contribution is 5.94. The van der Waals surface area contributed by atoms with E-state index in [-0.39, 0.29) is 30.4 Å². The molecule has 17 heavy (non-hydrogen) atoms. The normalized spacial score (nSPS) is 9.41. The number of hydrogen-bond acceptors (Lipinski definition) is 4. The maximum absolute atomic E-state index is 11.5. The summed E-state index contributed by atoms with van der Waals surface area (Å²) in [5.41, 5.74) is -0.0393. The molecule has 3 N–H and O–H groups in total. The number of nitrogens with zero attached hydrogens (tertiary/aromatic N) is 1. The summed E-state index contributed by atoms with van der Waals surface area (Å²) in [5, 5.41) is 14.4. The first kappa shape index (κ1) is 12.7. The van der Waals surface area contributed by atoms with Gasteiger partial charge in [0.15, 0.2) is 5.69 Å². The maximum atomic E-state index is 11.5. The monoisotopic (exact) mass is 235 g/mol. The highest BCUT2D eigenvalue weighted by atomic mass is 16.3. The molecule has 1 rings (SSSR count). The van der Waals surface area contributed by atoms with E-state index in [0.717, 1.165) is 6.08 Å². The molecule has 2 amide bonds. The minimum atomic E-state index is -0.490. The number of aromatic nitrogens is 1. The Bertz CT molecular complexity index is 432. The van der Waals surface area contributed by atoms with E-state index in [0.29, 0.717) is 0 Å². The molecule has 0 saturated heterocycles. The summed E-state index contributed by atoms with van der Waals surface area (Å²) >= 11 is 0. The molecule has 6 nitrogen and oxygen atoms in total. The van der Waals surface area contributed by atoms with Crippen LogP contribution in [0.3, 0.4) is 0 Å². The van der Waals surface area contributed by atoms with Crippen molar-refractivity contribution in [3.8, 4) is 5.75 Å². The lowest BCUT2D eigenvalue weighted by atomic mass is 10.3. The van der Waals surface area contributed by atoms with Crippen LogP contribution in [0.1, 0.15) is 10.5 Å². The minimum Gasteiger partial charge on any atom is -0.505 e. The molecule has 1 aromatic heterocycles. The van der Waals surface area contributed by atoms with Crippen LogP contribution in [0.4, 0.5) is 0 Å². The number of pyridine rings is 1. The van der Waals surface area contributed by atoms with Gasteiger partial charge in [-0.25, -0.2) is 4.98 Å². The molecule has 0 spiro atoms. The Balaban J connectivity index is 2.38. The summed E-state index contributed by atoms with van der Waals surface area (Å²) in [7, 11) is 0. The molecule has 0 fully saturated rings. The topological polar surface area (TPSA) is 91.3 Å². The Kier molecular flexibility index (Phi) is 4.68. The highest BCUT2D eigenvalue weighted by Gasteiger charge is 2.10. The third kappa shape index (κ3) is 3.94. The zero-order valence-electron chi connectivity index (χ0n) is 9.14. The predicted octanol–water partition coefficient (Wildman–Crippen LogP) is -0.181. The molecule has 0 unspecified atom stereocenters. The molecule has 6 heteroatoms. The molecule has 1 heterocycles. The average Bonchev–Trinajstić information content (AvgIpc) is 2.34. The Morgan fingerprint density at radius 1 is 1.41 bits per heavy atom. The first-order chi connectivity index (χ1) is 8.15. The zero-order chi connectivity index (χ0) is 12.7. The lowest BCUT2D eigenvalue weighted by Gasteiger charge is -2.06. The van der Waals surface area contributed by atoms with Crippen LogP contribution < -0.4 is 10.6 Å². The number of hydrogen-bond donors (Lipinski definition) is 3. The number of nitrogens with one attached hydrogen (secondary N) is 2. The number of amides is 2. The highest BCUT2D eigenvalue weighted by Crippen LogP contribution is 2.11. The van der Waals surface area contributed by atoms with Gasteiger partial charge in [0.05, 0.1) is 0 Å². The summed E-state index contributed by atoms with van der Waals surface area (Å²) in [6, 6.07) is 2.90. The van der Waals surface area contributed by atoms with Gasteiger partial charge in [-0.15, -0.1) is 0 Å². The van der Waals surface area contributed by atoms with Crippen LogP contribution >= 0.6 is 0 Å². The lowest BCUT2D eigenvalue weighted by molar-refractivity contribution is -0.116. The van der Waals surface area contributed by atoms with Crippen LogP contribution in [0.15, 0.2) is 31.0 Å². The molecule has 0 bridgehead atoms. The number of carbonyl (C=O) groups excluding carboxylic acids is 2. The summed E-state index contributed by atoms with van der Waals surface area (Å²) in [4.78, 5) is 26.0. The molecule has 0 aromatic carbocycles. The van der Waals surface area contributed by atoms with Crippen molar-refractivity contribution in [1.82, 2.24) is 15.6 Å². The molecule has 0 aliphatic rings. The number of rotatable bonds is 5. The summed E-state index contributed by atoms with van der Waals surface area (Å²) in [5.74, 6) is -0.976. The van der Waals surface area contributed by atoms with Crippen LogP contribution in [0.25, 0.3) is 0 Å². The van der Waals surface area contributed by atoms with Gasteiger partial charge in [-0.2, -0.15) is 0 Å². The van der Waals surface area contributed by atoms with Crippen LogP contribution in [-0.4, -0.2) is 35.0 Å². The van der Waals surface area contributed by atoms with Crippen molar-refractivity contribution in [2.75, 3.05) is 13.1 Å². The standard InChI is InChI=1S/C11H13N3O3/c1-2-9(16)12-6-7-14-11(17)10-8(15)4-3-5-13-10/h2-5,15H,1,6-7H2,(H,12,16)(H,14,17). The Labute approximate surface area is 98.4 Å². The smallest absolute Gasteiger partial charge is 0.273 e. The maximum Gasteiger partial charge on any atom is 0.273 e. The van der Waals surface area contributed by atoms with Crippen LogP contribution in [-0.2, 0) is 4.79 Å². The molecule has 0 atom stereocenters. The van der Waals surface area contributed by atoms with Crippen molar-refractivity contribution in [3.63, 3.8) is 0 Å². The molecule has 90 valence electrons. The fourth-order valence-corrected chi connectivity index (χ4v) is 1.09. The van der Waals surface area contributed by atoms with E-state index in [1.54, 1.807) is 0 Å². The molecule has 0 aliphatic heterocycles. The molecule has 0 saturated carbocycles. The lowest BCUT2D eigenvalue weighted by Crippen LogP contribution is -2.34. The number of carbonyl (C=O) groups is 2. The van der Waals surface area contributed by atoms with E-state index in [1.165, 1.54) is 18.3 Å². The van der Waals surface area contributed by atoms with E-state index in [1.807, 2.05) is 0 Å². The van der Waals surface area contributed by atoms with Gasteiger partial charge in [-0.05, 0) is 18.2 Å². The summed E-state index contributed by atoms with van der Waals surface area (Å²) < 4.78 is 0. The predicted molar refractivity (Wildman–Crippen MR) is 61.4 cm³/mol. The van der Waals surface area contributed by atoms with Gasteiger partial charge < -0.3 is 15.7 Å². The first-order valence-corrected chi connectivity index (χ1v) is 4.97. The molecular formula is C11H13N3O3. The van der Waals surface area contributed by atoms with Gasteiger partial charge in [0.1, 0.15) is 5.75 Å². The van der Waals surface area contributed by atoms with Gasteiger partial charge in [0.2, 0.25) is 5.91 Å². The van der Waals surface area contributed by atoms with Gasteiger partial charge in [-0.1, -0.05) is 6.58 Å². The van der Waals surface area contributed by atoms with Crippen molar-refractivity contribution >= 4 is 11.8 Å². The second-order valence-electron chi connectivity index (χ2n) is 3.12. The van der Waals surface area contributed by atoms with Gasteiger partial charge in [-0.3, -0.25) is 9.59 Å². The van der Waals surface area contributed by atoms with E-state index in [2.05, 4.69) is 22.2 Å². The van der Waals surface area contributed by atoms with E-state index in [9.17, 15) is 14.7 Å². The van der Waals surface area contributed by atoms with E-state index >= 15 is 0 Å². The quantitative estimate of drug-likeness (QED) is 0.487. The SMILES string of the molecule is C=CC(=O)NCCNC(=O)c1ncccc1O. The van der Waals surface area contributed by atoms with Crippen molar-refractivity contribution < 1.29 is 14.7 Å². The molecule has 1 aromatic rings. The fraction of sp³-hybridized carbons (Fsp3) is 0.182. The molecule has 0 aliphatic carbocycles. The number of aromatic hydroxyl groups is 1. The van der Waals surface area contributed by atoms with E-state index < -0.39 is 5.91 Å². The van der Waals surface area contributed by atoms with E-state index in [4.69, 9.17) is 0 Å². The molecule has 0 radical (unpaired) electrons. The van der Waals surface area contributed by atoms with Crippen LogP contribution in [0, 0.1) is 0 Å². The first-order valence-electron chi connectivity index (χ1n) is 4.97. The third-order valence-corrected chi connectivity index (χ3v) is 1.90. The Morgan fingerprint density at radius 2 is 2.12 bits per heavy atom. The van der Waals surface area contributed by atoms with Gasteiger partial charge >= 0.3 is 0 Å². The molecular weight excluding hydrogens is 222 g/mol. The van der Waals surface area contributed by atoms with Crippen LogP contribution in [0.5, 0.6) is 5.75 Å². The van der Waals surface area contributed by atoms with Crippen molar-refractivity contribution in [3.05, 3.63) is 36.7 Å². The third-order valence-electron chi connectivity index (χ3n) is 1.90. The second kappa shape index (κ2) is 6.26. The van der Waals surface area contributed by atoms with Gasteiger partial charge in [0, 0.05) is 19.3 Å². The zero-order valence-corrected chi connectivity index (χ0v) is 9.14. The van der Waals surface area contributed by atoms with Crippen molar-refractivity contribution in [1.29, 1.82) is 0 Å². The van der Waals surface area contributed by atoms with Crippen molar-refractivity contribution in [2.24, 2.45) is 0 Å². The Morgan fingerprint density at radius 3 is 2.76 bits per heavy atom.